The maximum Gasteiger partial charge on any atom is 0.358 e. The Morgan fingerprint density at radius 3 is 2.85 bits per heavy atom. The highest BCUT2D eigenvalue weighted by Crippen LogP contribution is 2.34. The van der Waals surface area contributed by atoms with Crippen LogP contribution >= 0.6 is 0 Å². The first kappa shape index (κ1) is 13.1. The molecule has 3 rings (SSSR count). The van der Waals surface area contributed by atoms with Gasteiger partial charge in [0, 0.05) is 31.1 Å². The molecule has 0 bridgehead atoms. The van der Waals surface area contributed by atoms with Crippen molar-refractivity contribution in [2.75, 3.05) is 33.4 Å². The zero-order valence-corrected chi connectivity index (χ0v) is 11.5. The van der Waals surface area contributed by atoms with Gasteiger partial charge in [-0.15, -0.1) is 0 Å². The molecule has 5 nitrogen and oxygen atoms in total. The summed E-state index contributed by atoms with van der Waals surface area (Å²) < 4.78 is 10.3. The van der Waals surface area contributed by atoms with Gasteiger partial charge in [-0.2, -0.15) is 0 Å². The molecule has 2 aliphatic heterocycles. The molecule has 3 aliphatic rings. The fourth-order valence-electron chi connectivity index (χ4n) is 2.84. The molecule has 1 aliphatic carbocycles. The zero-order chi connectivity index (χ0) is 13.9. The molecule has 0 aromatic carbocycles. The minimum absolute atomic E-state index is 0.157. The number of morpholine rings is 1. The van der Waals surface area contributed by atoms with Crippen molar-refractivity contribution in [1.82, 2.24) is 4.90 Å². The van der Waals surface area contributed by atoms with Crippen LogP contribution in [0.1, 0.15) is 0 Å². The Hall–Kier alpha value is -1.88. The lowest BCUT2D eigenvalue weighted by Crippen LogP contribution is -2.41. The van der Waals surface area contributed by atoms with Gasteiger partial charge in [-0.25, -0.2) is 4.79 Å². The van der Waals surface area contributed by atoms with Crippen LogP contribution in [0.2, 0.25) is 0 Å². The Bertz CT molecular complexity index is 513. The van der Waals surface area contributed by atoms with Gasteiger partial charge in [-0.05, 0) is 0 Å². The number of hydrogen-bond donors (Lipinski definition) is 0. The van der Waals surface area contributed by atoms with E-state index in [-0.39, 0.29) is 17.8 Å². The van der Waals surface area contributed by atoms with Crippen molar-refractivity contribution in [2.24, 2.45) is 16.8 Å². The molecule has 2 atom stereocenters. The average molecular weight is 274 g/mol. The molecule has 20 heavy (non-hydrogen) atoms. The van der Waals surface area contributed by atoms with E-state index >= 15 is 0 Å². The van der Waals surface area contributed by atoms with Gasteiger partial charge in [-0.1, -0.05) is 24.3 Å². The van der Waals surface area contributed by atoms with Crippen LogP contribution in [-0.4, -0.2) is 50.5 Å². The largest absolute Gasteiger partial charge is 0.464 e. The second kappa shape index (κ2) is 5.63. The highest BCUT2D eigenvalue weighted by atomic mass is 16.5. The Morgan fingerprint density at radius 1 is 1.35 bits per heavy atom. The molecule has 1 fully saturated rings. The quantitative estimate of drug-likeness (QED) is 0.709. The second-order valence-corrected chi connectivity index (χ2v) is 4.98. The number of fused-ring (bicyclic) bond motifs is 1. The van der Waals surface area contributed by atoms with E-state index in [9.17, 15) is 4.79 Å². The standard InChI is InChI=1S/C15H18N2O3/c1-19-15(18)13-14(17-6-8-20-9-7-17)12-5-3-2-4-11(12)10-16-13/h2-5,10-12H,6-9H2,1H3. The van der Waals surface area contributed by atoms with Crippen molar-refractivity contribution in [3.05, 3.63) is 35.7 Å². The summed E-state index contributed by atoms with van der Waals surface area (Å²) in [5.41, 5.74) is 1.39. The van der Waals surface area contributed by atoms with Crippen molar-refractivity contribution < 1.29 is 14.3 Å². The monoisotopic (exact) mass is 274 g/mol. The number of aliphatic imine (C=N–C) groups is 1. The normalized spacial score (nSPS) is 28.6. The maximum atomic E-state index is 12.0. The molecule has 0 saturated carbocycles. The predicted molar refractivity (Wildman–Crippen MR) is 75.2 cm³/mol. The number of rotatable bonds is 2. The first-order valence-corrected chi connectivity index (χ1v) is 6.85. The first-order valence-electron chi connectivity index (χ1n) is 6.85. The summed E-state index contributed by atoms with van der Waals surface area (Å²) >= 11 is 0. The molecule has 2 unspecified atom stereocenters. The summed E-state index contributed by atoms with van der Waals surface area (Å²) in [6.45, 7) is 2.93. The van der Waals surface area contributed by atoms with Crippen LogP contribution in [0, 0.1) is 11.8 Å². The van der Waals surface area contributed by atoms with Gasteiger partial charge < -0.3 is 14.4 Å². The van der Waals surface area contributed by atoms with E-state index in [2.05, 4.69) is 22.0 Å². The SMILES string of the molecule is COC(=O)C1=C(N2CCOCC2)C2C=CC=CC2C=N1. The molecule has 1 saturated heterocycles. The van der Waals surface area contributed by atoms with Gasteiger partial charge in [0.25, 0.3) is 0 Å². The second-order valence-electron chi connectivity index (χ2n) is 4.98. The molecule has 0 aromatic rings. The van der Waals surface area contributed by atoms with E-state index in [1.165, 1.54) is 7.11 Å². The number of ether oxygens (including phenoxy) is 2. The molecule has 0 aromatic heterocycles. The summed E-state index contributed by atoms with van der Waals surface area (Å²) in [6, 6.07) is 0. The highest BCUT2D eigenvalue weighted by molar-refractivity contribution is 5.92. The average Bonchev–Trinajstić information content (AvgIpc) is 2.53. The van der Waals surface area contributed by atoms with E-state index < -0.39 is 0 Å². The van der Waals surface area contributed by atoms with Crippen LogP contribution in [0.4, 0.5) is 0 Å². The lowest BCUT2D eigenvalue weighted by Gasteiger charge is -2.38. The number of hydrogen-bond acceptors (Lipinski definition) is 5. The van der Waals surface area contributed by atoms with Gasteiger partial charge in [0.1, 0.15) is 0 Å². The van der Waals surface area contributed by atoms with E-state index in [1.54, 1.807) is 0 Å². The summed E-state index contributed by atoms with van der Waals surface area (Å²) in [6.07, 6.45) is 10.1. The molecule has 0 radical (unpaired) electrons. The smallest absolute Gasteiger partial charge is 0.358 e. The van der Waals surface area contributed by atoms with Crippen LogP contribution in [-0.2, 0) is 14.3 Å². The van der Waals surface area contributed by atoms with Crippen LogP contribution in [0.5, 0.6) is 0 Å². The van der Waals surface area contributed by atoms with Gasteiger partial charge in [0.05, 0.1) is 26.0 Å². The molecule has 5 heteroatoms. The zero-order valence-electron chi connectivity index (χ0n) is 11.5. The predicted octanol–water partition coefficient (Wildman–Crippen LogP) is 1.15. The Balaban J connectivity index is 2.00. The van der Waals surface area contributed by atoms with Crippen molar-refractivity contribution in [2.45, 2.75) is 0 Å². The molecule has 0 N–H and O–H groups in total. The summed E-state index contributed by atoms with van der Waals surface area (Å²) in [7, 11) is 1.39. The fourth-order valence-corrected chi connectivity index (χ4v) is 2.84. The van der Waals surface area contributed by atoms with E-state index in [1.807, 2.05) is 18.4 Å². The maximum absolute atomic E-state index is 12.0. The van der Waals surface area contributed by atoms with E-state index in [4.69, 9.17) is 9.47 Å². The van der Waals surface area contributed by atoms with Gasteiger partial charge in [-0.3, -0.25) is 4.99 Å². The fraction of sp³-hybridized carbons (Fsp3) is 0.467. The summed E-state index contributed by atoms with van der Waals surface area (Å²) in [5.74, 6) is 0.0000888. The van der Waals surface area contributed by atoms with Crippen molar-refractivity contribution in [1.29, 1.82) is 0 Å². The minimum Gasteiger partial charge on any atom is -0.464 e. The van der Waals surface area contributed by atoms with Crippen molar-refractivity contribution in [3.8, 4) is 0 Å². The summed E-state index contributed by atoms with van der Waals surface area (Å²) in [5, 5.41) is 0. The van der Waals surface area contributed by atoms with Gasteiger partial charge >= 0.3 is 5.97 Å². The van der Waals surface area contributed by atoms with E-state index in [0.717, 1.165) is 18.8 Å². The van der Waals surface area contributed by atoms with Crippen molar-refractivity contribution in [3.63, 3.8) is 0 Å². The van der Waals surface area contributed by atoms with Crippen LogP contribution < -0.4 is 0 Å². The Labute approximate surface area is 118 Å². The van der Waals surface area contributed by atoms with Crippen LogP contribution in [0.15, 0.2) is 40.7 Å². The third-order valence-electron chi connectivity index (χ3n) is 3.84. The molecule has 0 spiro atoms. The van der Waals surface area contributed by atoms with Crippen LogP contribution in [0.3, 0.4) is 0 Å². The molecular formula is C15H18N2O3. The number of esters is 1. The third kappa shape index (κ3) is 2.29. The highest BCUT2D eigenvalue weighted by Gasteiger charge is 2.34. The van der Waals surface area contributed by atoms with Crippen LogP contribution in [0.25, 0.3) is 0 Å². The number of nitrogens with zero attached hydrogens (tertiary/aromatic N) is 2. The van der Waals surface area contributed by atoms with Gasteiger partial charge in [0.2, 0.25) is 0 Å². The summed E-state index contributed by atoms with van der Waals surface area (Å²) in [4.78, 5) is 18.6. The van der Waals surface area contributed by atoms with Crippen molar-refractivity contribution >= 4 is 12.2 Å². The number of carbonyl (C=O) groups excluding carboxylic acids is 1. The Morgan fingerprint density at radius 2 is 2.10 bits per heavy atom. The molecule has 2 heterocycles. The number of methoxy groups -OCH3 is 1. The Kier molecular flexibility index (Phi) is 3.69. The molecular weight excluding hydrogens is 256 g/mol. The first-order chi connectivity index (χ1) is 9.81. The lowest BCUT2D eigenvalue weighted by molar-refractivity contribution is -0.136. The van der Waals surface area contributed by atoms with E-state index in [0.29, 0.717) is 18.9 Å². The number of allylic oxidation sites excluding steroid dienone is 4. The third-order valence-corrected chi connectivity index (χ3v) is 3.84. The minimum atomic E-state index is -0.371. The topological polar surface area (TPSA) is 51.1 Å². The lowest BCUT2D eigenvalue weighted by atomic mass is 9.83. The molecule has 106 valence electrons. The number of carbonyl (C=O) groups is 1. The van der Waals surface area contributed by atoms with Gasteiger partial charge in [0.15, 0.2) is 5.70 Å². The molecule has 0 amide bonds.